The van der Waals surface area contributed by atoms with Crippen LogP contribution in [0.2, 0.25) is 0 Å². The standard InChI is InChI=1S/C21H20N4O2/c1-27-17-7-8-18-14(10-17)4-2-6-19(18)25-21(26)16-12-23-20(24-13-16)15-5-3-9-22-11-15/h3,5,7-13,19H,2,4,6H2,1H3,(H,25,26)/t19-/m0/s1. The number of nitrogens with zero attached hydrogens (tertiary/aromatic N) is 3. The third-order valence-corrected chi connectivity index (χ3v) is 4.80. The fraction of sp³-hybridized carbons (Fsp3) is 0.238. The SMILES string of the molecule is COc1ccc2c(c1)CCC[C@@H]2NC(=O)c1cnc(-c2cccnc2)nc1. The van der Waals surface area contributed by atoms with E-state index in [-0.39, 0.29) is 11.9 Å². The molecule has 3 aromatic rings. The molecule has 6 heteroatoms. The lowest BCUT2D eigenvalue weighted by Gasteiger charge is -2.26. The van der Waals surface area contributed by atoms with Gasteiger partial charge in [-0.2, -0.15) is 0 Å². The van der Waals surface area contributed by atoms with E-state index in [1.54, 1.807) is 31.9 Å². The molecule has 1 amide bonds. The summed E-state index contributed by atoms with van der Waals surface area (Å²) in [6.45, 7) is 0. The number of rotatable bonds is 4. The van der Waals surface area contributed by atoms with Gasteiger partial charge in [-0.05, 0) is 54.7 Å². The van der Waals surface area contributed by atoms with E-state index in [4.69, 9.17) is 4.74 Å². The van der Waals surface area contributed by atoms with Crippen molar-refractivity contribution in [3.05, 3.63) is 71.8 Å². The van der Waals surface area contributed by atoms with Gasteiger partial charge in [0.25, 0.3) is 5.91 Å². The molecule has 4 rings (SSSR count). The molecule has 0 saturated carbocycles. The normalized spacial score (nSPS) is 15.7. The molecule has 0 unspecified atom stereocenters. The van der Waals surface area contributed by atoms with Crippen LogP contribution in [0.1, 0.15) is 40.4 Å². The van der Waals surface area contributed by atoms with E-state index in [0.717, 1.165) is 36.1 Å². The van der Waals surface area contributed by atoms with Gasteiger partial charge < -0.3 is 10.1 Å². The monoisotopic (exact) mass is 360 g/mol. The highest BCUT2D eigenvalue weighted by Gasteiger charge is 2.23. The lowest BCUT2D eigenvalue weighted by molar-refractivity contribution is 0.0932. The molecule has 1 aliphatic rings. The lowest BCUT2D eigenvalue weighted by Crippen LogP contribution is -2.31. The van der Waals surface area contributed by atoms with Crippen LogP contribution in [0.3, 0.4) is 0 Å². The summed E-state index contributed by atoms with van der Waals surface area (Å²) in [7, 11) is 1.67. The maximum absolute atomic E-state index is 12.7. The Balaban J connectivity index is 1.50. The number of fused-ring (bicyclic) bond motifs is 1. The molecule has 0 saturated heterocycles. The van der Waals surface area contributed by atoms with Crippen molar-refractivity contribution in [1.29, 1.82) is 0 Å². The molecular weight excluding hydrogens is 340 g/mol. The Morgan fingerprint density at radius 2 is 2.04 bits per heavy atom. The number of pyridine rings is 1. The molecule has 1 aliphatic carbocycles. The quantitative estimate of drug-likeness (QED) is 0.772. The molecule has 136 valence electrons. The van der Waals surface area contributed by atoms with Gasteiger partial charge in [0.15, 0.2) is 5.82 Å². The third-order valence-electron chi connectivity index (χ3n) is 4.80. The highest BCUT2D eigenvalue weighted by Crippen LogP contribution is 2.32. The largest absolute Gasteiger partial charge is 0.497 e. The minimum absolute atomic E-state index is 0.00911. The average Bonchev–Trinajstić information content (AvgIpc) is 2.74. The second-order valence-electron chi connectivity index (χ2n) is 6.52. The first-order valence-electron chi connectivity index (χ1n) is 8.95. The first-order valence-corrected chi connectivity index (χ1v) is 8.95. The van der Waals surface area contributed by atoms with Crippen LogP contribution >= 0.6 is 0 Å². The van der Waals surface area contributed by atoms with Crippen molar-refractivity contribution in [3.63, 3.8) is 0 Å². The van der Waals surface area contributed by atoms with Crippen LogP contribution in [0.4, 0.5) is 0 Å². The van der Waals surface area contributed by atoms with Crippen LogP contribution in [-0.4, -0.2) is 28.0 Å². The van der Waals surface area contributed by atoms with Crippen LogP contribution in [-0.2, 0) is 6.42 Å². The Kier molecular flexibility index (Phi) is 4.78. The zero-order chi connectivity index (χ0) is 18.6. The van der Waals surface area contributed by atoms with E-state index in [9.17, 15) is 4.79 Å². The summed E-state index contributed by atoms with van der Waals surface area (Å²) in [5.41, 5.74) is 3.65. The molecule has 27 heavy (non-hydrogen) atoms. The summed E-state index contributed by atoms with van der Waals surface area (Å²) in [4.78, 5) is 25.3. The minimum Gasteiger partial charge on any atom is -0.497 e. The molecule has 0 bridgehead atoms. The first-order chi connectivity index (χ1) is 13.2. The summed E-state index contributed by atoms with van der Waals surface area (Å²) in [5, 5.41) is 3.12. The van der Waals surface area contributed by atoms with Crippen molar-refractivity contribution in [3.8, 4) is 17.1 Å². The summed E-state index contributed by atoms with van der Waals surface area (Å²) in [5.74, 6) is 1.23. The van der Waals surface area contributed by atoms with Crippen molar-refractivity contribution in [2.75, 3.05) is 7.11 Å². The van der Waals surface area contributed by atoms with E-state index in [1.807, 2.05) is 24.3 Å². The topological polar surface area (TPSA) is 77.0 Å². The fourth-order valence-electron chi connectivity index (χ4n) is 3.40. The molecule has 6 nitrogen and oxygen atoms in total. The molecule has 1 N–H and O–H groups in total. The second kappa shape index (κ2) is 7.53. The predicted molar refractivity (Wildman–Crippen MR) is 101 cm³/mol. The number of ether oxygens (including phenoxy) is 1. The molecule has 0 radical (unpaired) electrons. The maximum Gasteiger partial charge on any atom is 0.254 e. The van der Waals surface area contributed by atoms with Gasteiger partial charge in [-0.25, -0.2) is 9.97 Å². The Morgan fingerprint density at radius 1 is 1.19 bits per heavy atom. The van der Waals surface area contributed by atoms with E-state index in [2.05, 4.69) is 26.3 Å². The molecule has 1 atom stereocenters. The highest BCUT2D eigenvalue weighted by molar-refractivity contribution is 5.94. The number of aromatic nitrogens is 3. The first kappa shape index (κ1) is 17.1. The van der Waals surface area contributed by atoms with Gasteiger partial charge in [-0.15, -0.1) is 0 Å². The van der Waals surface area contributed by atoms with Gasteiger partial charge in [0, 0.05) is 30.4 Å². The Hall–Kier alpha value is -3.28. The van der Waals surface area contributed by atoms with E-state index in [1.165, 1.54) is 5.56 Å². The van der Waals surface area contributed by atoms with Crippen molar-refractivity contribution in [1.82, 2.24) is 20.3 Å². The number of carbonyl (C=O) groups excluding carboxylic acids is 1. The predicted octanol–water partition coefficient (Wildman–Crippen LogP) is 3.35. The zero-order valence-electron chi connectivity index (χ0n) is 15.1. The van der Waals surface area contributed by atoms with Gasteiger partial charge in [0.1, 0.15) is 5.75 Å². The molecule has 2 aromatic heterocycles. The molecular formula is C21H20N4O2. The van der Waals surface area contributed by atoms with E-state index in [0.29, 0.717) is 11.4 Å². The summed E-state index contributed by atoms with van der Waals surface area (Å²) in [6, 6.07) is 9.74. The van der Waals surface area contributed by atoms with Crippen molar-refractivity contribution in [2.45, 2.75) is 25.3 Å². The van der Waals surface area contributed by atoms with E-state index >= 15 is 0 Å². The molecule has 0 fully saturated rings. The molecule has 2 heterocycles. The van der Waals surface area contributed by atoms with Crippen LogP contribution in [0, 0.1) is 0 Å². The number of carbonyl (C=O) groups is 1. The summed E-state index contributed by atoms with van der Waals surface area (Å²) >= 11 is 0. The number of amides is 1. The van der Waals surface area contributed by atoms with Crippen LogP contribution in [0.15, 0.2) is 55.1 Å². The van der Waals surface area contributed by atoms with Crippen LogP contribution < -0.4 is 10.1 Å². The number of benzene rings is 1. The van der Waals surface area contributed by atoms with Crippen LogP contribution in [0.25, 0.3) is 11.4 Å². The molecule has 1 aromatic carbocycles. The van der Waals surface area contributed by atoms with Crippen molar-refractivity contribution >= 4 is 5.91 Å². The maximum atomic E-state index is 12.7. The Bertz CT molecular complexity index is 942. The number of nitrogens with one attached hydrogen (secondary N) is 1. The number of hydrogen-bond donors (Lipinski definition) is 1. The Labute approximate surface area is 157 Å². The molecule has 0 aliphatic heterocycles. The second-order valence-corrected chi connectivity index (χ2v) is 6.52. The zero-order valence-corrected chi connectivity index (χ0v) is 15.1. The third kappa shape index (κ3) is 3.65. The van der Waals surface area contributed by atoms with Crippen LogP contribution in [0.5, 0.6) is 5.75 Å². The lowest BCUT2D eigenvalue weighted by atomic mass is 9.87. The summed E-state index contributed by atoms with van der Waals surface area (Å²) in [6.07, 6.45) is 9.46. The van der Waals surface area contributed by atoms with Gasteiger partial charge in [0.05, 0.1) is 18.7 Å². The number of aryl methyl sites for hydroxylation is 1. The number of hydrogen-bond acceptors (Lipinski definition) is 5. The average molecular weight is 360 g/mol. The Morgan fingerprint density at radius 3 is 2.78 bits per heavy atom. The van der Waals surface area contributed by atoms with Gasteiger partial charge in [-0.3, -0.25) is 9.78 Å². The van der Waals surface area contributed by atoms with Gasteiger partial charge in [-0.1, -0.05) is 6.07 Å². The highest BCUT2D eigenvalue weighted by atomic mass is 16.5. The van der Waals surface area contributed by atoms with Gasteiger partial charge >= 0.3 is 0 Å². The van der Waals surface area contributed by atoms with Crippen molar-refractivity contribution in [2.24, 2.45) is 0 Å². The van der Waals surface area contributed by atoms with Gasteiger partial charge in [0.2, 0.25) is 0 Å². The minimum atomic E-state index is -0.165. The molecule has 0 spiro atoms. The van der Waals surface area contributed by atoms with Crippen molar-refractivity contribution < 1.29 is 9.53 Å². The fourth-order valence-corrected chi connectivity index (χ4v) is 3.40. The number of methoxy groups -OCH3 is 1. The summed E-state index contributed by atoms with van der Waals surface area (Å²) < 4.78 is 5.31. The smallest absolute Gasteiger partial charge is 0.254 e. The van der Waals surface area contributed by atoms with E-state index < -0.39 is 0 Å².